The zero-order valence-corrected chi connectivity index (χ0v) is 12.0. The van der Waals surface area contributed by atoms with Crippen LogP contribution in [0.25, 0.3) is 0 Å². The quantitative estimate of drug-likeness (QED) is 0.258. The van der Waals surface area contributed by atoms with E-state index in [1.807, 2.05) is 0 Å². The van der Waals surface area contributed by atoms with Crippen LogP contribution in [-0.4, -0.2) is 51.7 Å². The van der Waals surface area contributed by atoms with Crippen LogP contribution in [0.4, 0.5) is 19.2 Å². The molecule has 0 aliphatic carbocycles. The number of carbonyl (C=O) groups excluding carboxylic acids is 4. The van der Waals surface area contributed by atoms with Crippen LogP contribution in [0.2, 0.25) is 0 Å². The topological polar surface area (TPSA) is 265 Å². The molecule has 12 nitrogen and oxygen atoms in total. The van der Waals surface area contributed by atoms with Gasteiger partial charge in [-0.1, -0.05) is 0 Å². The van der Waals surface area contributed by atoms with Gasteiger partial charge in [0, 0.05) is 27.3 Å². The first-order valence-electron chi connectivity index (χ1n) is 2.79. The van der Waals surface area contributed by atoms with E-state index in [4.69, 9.17) is 39.6 Å². The normalized spacial score (nSPS) is 5.65. The predicted octanol–water partition coefficient (Wildman–Crippen LogP) is -7.23. The van der Waals surface area contributed by atoms with E-state index in [-0.39, 0.29) is 27.3 Å². The van der Waals surface area contributed by atoms with Gasteiger partial charge in [-0.3, -0.25) is 0 Å². The molecule has 0 heterocycles. The van der Waals surface area contributed by atoms with E-state index < -0.39 is 24.4 Å². The van der Waals surface area contributed by atoms with E-state index in [0.29, 0.717) is 0 Å². The molecule has 100 valence electrons. The average Bonchev–Trinajstić information content (AvgIpc) is 1.76. The minimum atomic E-state index is -1.58. The van der Waals surface area contributed by atoms with Crippen LogP contribution in [0.5, 0.6) is 0 Å². The summed E-state index contributed by atoms with van der Waals surface area (Å²) in [5.41, 5.74) is 15.7. The first kappa shape index (κ1) is 29.4. The van der Waals surface area contributed by atoms with Gasteiger partial charge in [0.15, 0.2) is 0 Å². The van der Waals surface area contributed by atoms with E-state index in [1.54, 1.807) is 0 Å². The molecule has 0 saturated carbocycles. The zero-order chi connectivity index (χ0) is 14.3. The van der Waals surface area contributed by atoms with Crippen LogP contribution in [-0.2, 0) is 0 Å². The second kappa shape index (κ2) is 23.7. The van der Waals surface area contributed by atoms with Crippen molar-refractivity contribution in [3.63, 3.8) is 0 Å². The molecule has 0 aliphatic heterocycles. The van der Waals surface area contributed by atoms with Gasteiger partial charge in [0.2, 0.25) is 0 Å². The molecular formula is C4H8N4O8Pb-4. The van der Waals surface area contributed by atoms with Crippen LogP contribution in [0, 0.1) is 0 Å². The van der Waals surface area contributed by atoms with Crippen molar-refractivity contribution < 1.29 is 39.6 Å². The first-order chi connectivity index (χ1) is 6.93. The molecule has 13 heteroatoms. The third-order valence-electron chi connectivity index (χ3n) is 0. The number of hydrogen-bond donors (Lipinski definition) is 4. The zero-order valence-electron chi connectivity index (χ0n) is 8.08. The molecule has 0 rings (SSSR count). The van der Waals surface area contributed by atoms with Gasteiger partial charge in [-0.05, 0) is 0 Å². The molecule has 0 unspecified atom stereocenters. The molecular weight excluding hydrogens is 439 g/mol. The molecule has 4 amide bonds. The molecule has 4 radical (unpaired) electrons. The molecule has 0 bridgehead atoms. The number of primary amides is 4. The van der Waals surface area contributed by atoms with Gasteiger partial charge >= 0.3 is 0 Å². The summed E-state index contributed by atoms with van der Waals surface area (Å²) in [7, 11) is 0. The Balaban J connectivity index is -0.0000000369. The van der Waals surface area contributed by atoms with Crippen molar-refractivity contribution in [3.05, 3.63) is 0 Å². The fourth-order valence-corrected chi connectivity index (χ4v) is 0. The largest absolute Gasteiger partial charge is 0.530 e. The molecule has 0 atom stereocenters. The van der Waals surface area contributed by atoms with Crippen LogP contribution < -0.4 is 43.4 Å². The van der Waals surface area contributed by atoms with E-state index in [0.717, 1.165) is 0 Å². The van der Waals surface area contributed by atoms with Crippen LogP contribution in [0.15, 0.2) is 0 Å². The molecule has 0 aliphatic rings. The van der Waals surface area contributed by atoms with Crippen LogP contribution in [0.3, 0.4) is 0 Å². The summed E-state index contributed by atoms with van der Waals surface area (Å²) in [6, 6.07) is 0. The van der Waals surface area contributed by atoms with Gasteiger partial charge in [-0.15, -0.1) is 0 Å². The van der Waals surface area contributed by atoms with Crippen molar-refractivity contribution in [2.75, 3.05) is 0 Å². The second-order valence-electron chi connectivity index (χ2n) is 1.28. The first-order valence-corrected chi connectivity index (χ1v) is 2.79. The number of nitrogens with two attached hydrogens (primary N) is 4. The summed E-state index contributed by atoms with van der Waals surface area (Å²) < 4.78 is 0. The van der Waals surface area contributed by atoms with Crippen molar-refractivity contribution in [2.24, 2.45) is 22.9 Å². The molecule has 0 saturated heterocycles. The van der Waals surface area contributed by atoms with Crippen molar-refractivity contribution in [3.8, 4) is 0 Å². The van der Waals surface area contributed by atoms with E-state index in [1.165, 1.54) is 0 Å². The monoisotopic (exact) mass is 448 g/mol. The van der Waals surface area contributed by atoms with Crippen molar-refractivity contribution in [1.82, 2.24) is 0 Å². The Morgan fingerprint density at radius 3 is 0.529 bits per heavy atom. The molecule has 8 N–H and O–H groups in total. The Morgan fingerprint density at radius 2 is 0.529 bits per heavy atom. The van der Waals surface area contributed by atoms with Gasteiger partial charge in [0.25, 0.3) is 0 Å². The van der Waals surface area contributed by atoms with E-state index >= 15 is 0 Å². The summed E-state index contributed by atoms with van der Waals surface area (Å²) in [5.74, 6) is 0. The minimum absolute atomic E-state index is 0. The third-order valence-corrected chi connectivity index (χ3v) is 0. The van der Waals surface area contributed by atoms with Crippen LogP contribution >= 0.6 is 0 Å². The molecule has 0 fully saturated rings. The van der Waals surface area contributed by atoms with Gasteiger partial charge in [0.05, 0.1) is 0 Å². The maximum absolute atomic E-state index is 8.67. The van der Waals surface area contributed by atoms with Crippen molar-refractivity contribution >= 4 is 51.7 Å². The number of hydrogen-bond acceptors (Lipinski definition) is 8. The second-order valence-corrected chi connectivity index (χ2v) is 1.28. The van der Waals surface area contributed by atoms with Gasteiger partial charge in [0.1, 0.15) is 24.4 Å². The molecule has 0 spiro atoms. The summed E-state index contributed by atoms with van der Waals surface area (Å²) in [5, 5.41) is 34.7. The maximum Gasteiger partial charge on any atom is 0.131 e. The number of amides is 4. The van der Waals surface area contributed by atoms with E-state index in [2.05, 4.69) is 22.9 Å². The number of rotatable bonds is 0. The summed E-state index contributed by atoms with van der Waals surface area (Å²) in [6.45, 7) is 0. The summed E-state index contributed by atoms with van der Waals surface area (Å²) in [6.07, 6.45) is -6.33. The SMILES string of the molecule is NC(=O)[O-].NC(=O)[O-].NC(=O)[O-].NC(=O)[O-].[Pb]. The fourth-order valence-electron chi connectivity index (χ4n) is 0. The van der Waals surface area contributed by atoms with Gasteiger partial charge in [-0.25, -0.2) is 0 Å². The number of carbonyl (C=O) groups is 4. The Morgan fingerprint density at radius 1 is 0.529 bits per heavy atom. The standard InChI is InChI=1S/4CH3NO2.Pb/c4*2-1(3)4;/h4*2H2,(H,3,4);/p-4. The van der Waals surface area contributed by atoms with Gasteiger partial charge in [-0.2, -0.15) is 0 Å². The molecule has 17 heavy (non-hydrogen) atoms. The van der Waals surface area contributed by atoms with Crippen molar-refractivity contribution in [1.29, 1.82) is 0 Å². The number of carboxylic acid groups (broad SMARTS) is 4. The third kappa shape index (κ3) is 505. The Bertz CT molecular complexity index is 170. The van der Waals surface area contributed by atoms with E-state index in [9.17, 15) is 0 Å². The molecule has 0 aromatic rings. The Kier molecular flexibility index (Phi) is 40.9. The summed E-state index contributed by atoms with van der Waals surface area (Å²) in [4.78, 5) is 34.7. The van der Waals surface area contributed by atoms with Crippen molar-refractivity contribution in [2.45, 2.75) is 0 Å². The molecule has 0 aromatic heterocycles. The van der Waals surface area contributed by atoms with Gasteiger partial charge < -0.3 is 62.5 Å². The summed E-state index contributed by atoms with van der Waals surface area (Å²) >= 11 is 0. The maximum atomic E-state index is 8.67. The average molecular weight is 447 g/mol. The Labute approximate surface area is 114 Å². The Hall–Kier alpha value is -2.00. The minimum Gasteiger partial charge on any atom is -0.530 e. The van der Waals surface area contributed by atoms with Crippen LogP contribution in [0.1, 0.15) is 0 Å². The fraction of sp³-hybridized carbons (Fsp3) is 0. The predicted molar refractivity (Wildman–Crippen MR) is 44.1 cm³/mol. The smallest absolute Gasteiger partial charge is 0.131 e. The molecule has 0 aromatic carbocycles.